The smallest absolute Gasteiger partial charge is 0.137 e. The number of aryl methyl sites for hydroxylation is 1. The maximum atomic E-state index is 13.0. The van der Waals surface area contributed by atoms with Crippen LogP contribution in [0, 0.1) is 12.7 Å². The molecule has 1 atom stereocenters. The Hall–Kier alpha value is -0.610. The molecule has 0 aliphatic heterocycles. The third-order valence-electron chi connectivity index (χ3n) is 1.86. The van der Waals surface area contributed by atoms with Gasteiger partial charge in [-0.25, -0.2) is 4.39 Å². The van der Waals surface area contributed by atoms with E-state index in [0.29, 0.717) is 11.0 Å². The number of aliphatic hydroxyl groups excluding tert-OH is 1. The summed E-state index contributed by atoms with van der Waals surface area (Å²) < 4.78 is 13.5. The van der Waals surface area contributed by atoms with Gasteiger partial charge in [0.05, 0.1) is 10.6 Å². The zero-order valence-electron chi connectivity index (χ0n) is 8.14. The Morgan fingerprint density at radius 3 is 2.79 bits per heavy atom. The minimum Gasteiger partial charge on any atom is -0.392 e. The second-order valence-corrected chi connectivity index (χ2v) is 4.17. The molecule has 1 rings (SSSR count). The molecule has 0 aliphatic rings. The van der Waals surface area contributed by atoms with Gasteiger partial charge in [0.1, 0.15) is 5.82 Å². The van der Waals surface area contributed by atoms with Gasteiger partial charge in [0, 0.05) is 12.2 Å². The van der Waals surface area contributed by atoms with E-state index in [4.69, 9.17) is 5.11 Å². The van der Waals surface area contributed by atoms with Gasteiger partial charge >= 0.3 is 0 Å². The highest BCUT2D eigenvalue weighted by Gasteiger charge is 2.05. The Morgan fingerprint density at radius 1 is 1.57 bits per heavy atom. The number of hydrogen-bond donors (Lipinski definition) is 2. The topological polar surface area (TPSA) is 32.3 Å². The lowest BCUT2D eigenvalue weighted by Crippen LogP contribution is -2.15. The molecule has 0 aromatic heterocycles. The van der Waals surface area contributed by atoms with Crippen molar-refractivity contribution in [1.29, 1.82) is 0 Å². The van der Waals surface area contributed by atoms with E-state index in [1.807, 2.05) is 6.92 Å². The molecule has 0 heterocycles. The van der Waals surface area contributed by atoms with Gasteiger partial charge in [-0.2, -0.15) is 0 Å². The number of rotatable bonds is 3. The molecule has 0 saturated carbocycles. The van der Waals surface area contributed by atoms with Crippen molar-refractivity contribution in [3.05, 3.63) is 28.0 Å². The molecule has 1 aromatic carbocycles. The van der Waals surface area contributed by atoms with Crippen LogP contribution in [-0.4, -0.2) is 17.8 Å². The number of hydrogen-bond acceptors (Lipinski definition) is 2. The van der Waals surface area contributed by atoms with Gasteiger partial charge in [0.2, 0.25) is 0 Å². The van der Waals surface area contributed by atoms with E-state index in [9.17, 15) is 4.39 Å². The Labute approximate surface area is 91.3 Å². The van der Waals surface area contributed by atoms with E-state index < -0.39 is 6.10 Å². The van der Waals surface area contributed by atoms with Crippen molar-refractivity contribution in [1.82, 2.24) is 0 Å². The van der Waals surface area contributed by atoms with Crippen LogP contribution in [0.5, 0.6) is 0 Å². The standard InChI is InChI=1S/C10H13BrFNO/c1-6-3-9(12)8(11)4-10(6)13-5-7(2)14/h3-4,7,13-14H,5H2,1-2H3. The summed E-state index contributed by atoms with van der Waals surface area (Å²) >= 11 is 3.11. The number of benzene rings is 1. The van der Waals surface area contributed by atoms with Crippen molar-refractivity contribution in [2.75, 3.05) is 11.9 Å². The zero-order valence-corrected chi connectivity index (χ0v) is 9.73. The first-order valence-corrected chi connectivity index (χ1v) is 5.17. The van der Waals surface area contributed by atoms with Crippen molar-refractivity contribution >= 4 is 21.6 Å². The molecule has 0 saturated heterocycles. The van der Waals surface area contributed by atoms with Gasteiger partial charge in [-0.3, -0.25) is 0 Å². The summed E-state index contributed by atoms with van der Waals surface area (Å²) in [7, 11) is 0. The summed E-state index contributed by atoms with van der Waals surface area (Å²) in [5.41, 5.74) is 1.66. The molecule has 4 heteroatoms. The van der Waals surface area contributed by atoms with Crippen molar-refractivity contribution in [3.8, 4) is 0 Å². The largest absolute Gasteiger partial charge is 0.392 e. The predicted molar refractivity (Wildman–Crippen MR) is 59.0 cm³/mol. The minimum absolute atomic E-state index is 0.273. The van der Waals surface area contributed by atoms with Gasteiger partial charge in [-0.15, -0.1) is 0 Å². The Kier molecular flexibility index (Phi) is 3.89. The zero-order chi connectivity index (χ0) is 10.7. The average Bonchev–Trinajstić information content (AvgIpc) is 2.09. The number of halogens is 2. The van der Waals surface area contributed by atoms with Crippen LogP contribution in [0.4, 0.5) is 10.1 Å². The lowest BCUT2D eigenvalue weighted by atomic mass is 10.2. The van der Waals surface area contributed by atoms with Crippen molar-refractivity contribution in [2.45, 2.75) is 20.0 Å². The maximum absolute atomic E-state index is 13.0. The van der Waals surface area contributed by atoms with Gasteiger partial charge in [-0.1, -0.05) is 0 Å². The van der Waals surface area contributed by atoms with Crippen LogP contribution in [0.2, 0.25) is 0 Å². The Bertz CT molecular complexity index is 328. The molecule has 0 radical (unpaired) electrons. The van der Waals surface area contributed by atoms with E-state index in [-0.39, 0.29) is 5.82 Å². The summed E-state index contributed by atoms with van der Waals surface area (Å²) in [6.07, 6.45) is -0.418. The molecule has 0 fully saturated rings. The lowest BCUT2D eigenvalue weighted by Gasteiger charge is -2.11. The monoisotopic (exact) mass is 261 g/mol. The predicted octanol–water partition coefficient (Wildman–Crippen LogP) is 2.69. The van der Waals surface area contributed by atoms with E-state index in [1.54, 1.807) is 13.0 Å². The van der Waals surface area contributed by atoms with E-state index in [2.05, 4.69) is 21.2 Å². The van der Waals surface area contributed by atoms with Crippen molar-refractivity contribution in [2.24, 2.45) is 0 Å². The molecule has 1 unspecified atom stereocenters. The van der Waals surface area contributed by atoms with Gasteiger partial charge < -0.3 is 10.4 Å². The first-order chi connectivity index (χ1) is 6.50. The van der Waals surface area contributed by atoms with E-state index in [0.717, 1.165) is 11.3 Å². The molecular formula is C10H13BrFNO. The minimum atomic E-state index is -0.418. The highest BCUT2D eigenvalue weighted by Crippen LogP contribution is 2.24. The second kappa shape index (κ2) is 4.75. The summed E-state index contributed by atoms with van der Waals surface area (Å²) in [6, 6.07) is 3.13. The number of aliphatic hydroxyl groups is 1. The van der Waals surface area contributed by atoms with Crippen molar-refractivity contribution in [3.63, 3.8) is 0 Å². The molecule has 0 bridgehead atoms. The average molecular weight is 262 g/mol. The molecule has 0 amide bonds. The first-order valence-electron chi connectivity index (χ1n) is 4.38. The molecule has 1 aromatic rings. The molecule has 2 N–H and O–H groups in total. The summed E-state index contributed by atoms with van der Waals surface area (Å²) in [4.78, 5) is 0. The quantitative estimate of drug-likeness (QED) is 0.877. The van der Waals surface area contributed by atoms with Crippen LogP contribution in [0.25, 0.3) is 0 Å². The molecule has 2 nitrogen and oxygen atoms in total. The molecule has 0 aliphatic carbocycles. The summed E-state index contributed by atoms with van der Waals surface area (Å²) in [5.74, 6) is -0.273. The van der Waals surface area contributed by atoms with E-state index in [1.165, 1.54) is 6.07 Å². The SMILES string of the molecule is Cc1cc(F)c(Br)cc1NCC(C)O. The van der Waals surface area contributed by atoms with Crippen LogP contribution >= 0.6 is 15.9 Å². The Balaban J connectivity index is 2.82. The normalized spacial score (nSPS) is 12.6. The fourth-order valence-corrected chi connectivity index (χ4v) is 1.44. The van der Waals surface area contributed by atoms with Gasteiger partial charge in [0.15, 0.2) is 0 Å². The van der Waals surface area contributed by atoms with Crippen LogP contribution in [-0.2, 0) is 0 Å². The van der Waals surface area contributed by atoms with Crippen LogP contribution in [0.15, 0.2) is 16.6 Å². The lowest BCUT2D eigenvalue weighted by molar-refractivity contribution is 0.208. The van der Waals surface area contributed by atoms with Crippen LogP contribution in [0.3, 0.4) is 0 Å². The highest BCUT2D eigenvalue weighted by atomic mass is 79.9. The van der Waals surface area contributed by atoms with Crippen LogP contribution < -0.4 is 5.32 Å². The third-order valence-corrected chi connectivity index (χ3v) is 2.46. The highest BCUT2D eigenvalue weighted by molar-refractivity contribution is 9.10. The number of nitrogens with one attached hydrogen (secondary N) is 1. The maximum Gasteiger partial charge on any atom is 0.137 e. The second-order valence-electron chi connectivity index (χ2n) is 3.31. The summed E-state index contributed by atoms with van der Waals surface area (Å²) in [5, 5.41) is 12.1. The molecule has 78 valence electrons. The van der Waals surface area contributed by atoms with Crippen molar-refractivity contribution < 1.29 is 9.50 Å². The van der Waals surface area contributed by atoms with Crippen LogP contribution in [0.1, 0.15) is 12.5 Å². The molecule has 0 spiro atoms. The Morgan fingerprint density at radius 2 is 2.21 bits per heavy atom. The third kappa shape index (κ3) is 2.96. The fraction of sp³-hybridized carbons (Fsp3) is 0.400. The van der Waals surface area contributed by atoms with Gasteiger partial charge in [0.25, 0.3) is 0 Å². The fourth-order valence-electron chi connectivity index (χ4n) is 1.09. The summed E-state index contributed by atoms with van der Waals surface area (Å²) in [6.45, 7) is 3.97. The number of anilines is 1. The first kappa shape index (κ1) is 11.5. The van der Waals surface area contributed by atoms with E-state index >= 15 is 0 Å². The molecular weight excluding hydrogens is 249 g/mol. The molecule has 14 heavy (non-hydrogen) atoms. The van der Waals surface area contributed by atoms with Gasteiger partial charge in [-0.05, 0) is 47.5 Å².